The van der Waals surface area contributed by atoms with Gasteiger partial charge >= 0.3 is 0 Å². The molecule has 3 N–H and O–H groups in total. The van der Waals surface area contributed by atoms with Crippen molar-refractivity contribution in [3.8, 4) is 0 Å². The second-order valence-electron chi connectivity index (χ2n) is 4.99. The molecule has 2 atom stereocenters. The minimum absolute atomic E-state index is 0.158. The van der Waals surface area contributed by atoms with Gasteiger partial charge in [-0.1, -0.05) is 17.7 Å². The summed E-state index contributed by atoms with van der Waals surface area (Å²) in [6.45, 7) is 3.42. The predicted octanol–water partition coefficient (Wildman–Crippen LogP) is 1.50. The lowest BCUT2D eigenvalue weighted by Gasteiger charge is -2.19. The largest absolute Gasteiger partial charge is 0.381 e. The Morgan fingerprint density at radius 3 is 2.85 bits per heavy atom. The Hall–Kier alpha value is -0.660. The molecule has 2 rings (SSSR count). The Labute approximate surface area is 124 Å². The van der Waals surface area contributed by atoms with E-state index in [0.717, 1.165) is 12.0 Å². The standard InChI is InChI=1S/C13H19ClN2O3S/c1-9(11-4-5-19-8-11)16-20(17,18)12-3-2-10(7-15)13(14)6-12/h2-3,6,9,11,16H,4-5,7-8,15H2,1H3. The first kappa shape index (κ1) is 15.7. The first-order chi connectivity index (χ1) is 9.44. The zero-order valence-electron chi connectivity index (χ0n) is 11.3. The van der Waals surface area contributed by atoms with Crippen molar-refractivity contribution in [2.45, 2.75) is 30.8 Å². The Morgan fingerprint density at radius 2 is 2.30 bits per heavy atom. The second kappa shape index (κ2) is 6.41. The second-order valence-corrected chi connectivity index (χ2v) is 7.11. The molecule has 1 saturated heterocycles. The minimum atomic E-state index is -3.58. The van der Waals surface area contributed by atoms with Crippen LogP contribution < -0.4 is 10.5 Å². The average Bonchev–Trinajstić information content (AvgIpc) is 2.92. The van der Waals surface area contributed by atoms with Crippen LogP contribution in [0.5, 0.6) is 0 Å². The minimum Gasteiger partial charge on any atom is -0.381 e. The molecule has 0 aromatic heterocycles. The highest BCUT2D eigenvalue weighted by molar-refractivity contribution is 7.89. The third-order valence-electron chi connectivity index (χ3n) is 3.57. The number of ether oxygens (including phenoxy) is 1. The van der Waals surface area contributed by atoms with Crippen molar-refractivity contribution in [1.82, 2.24) is 4.72 Å². The van der Waals surface area contributed by atoms with Crippen LogP contribution in [0.25, 0.3) is 0 Å². The fourth-order valence-electron chi connectivity index (χ4n) is 2.22. The van der Waals surface area contributed by atoms with E-state index < -0.39 is 10.0 Å². The van der Waals surface area contributed by atoms with Crippen LogP contribution in [-0.4, -0.2) is 27.7 Å². The Bertz CT molecular complexity index is 571. The van der Waals surface area contributed by atoms with Gasteiger partial charge in [-0.2, -0.15) is 0 Å². The van der Waals surface area contributed by atoms with E-state index in [2.05, 4.69) is 4.72 Å². The van der Waals surface area contributed by atoms with Crippen LogP contribution in [0.15, 0.2) is 23.1 Å². The molecule has 0 amide bonds. The van der Waals surface area contributed by atoms with Crippen LogP contribution in [0.3, 0.4) is 0 Å². The first-order valence-electron chi connectivity index (χ1n) is 6.52. The van der Waals surface area contributed by atoms with Crippen molar-refractivity contribution < 1.29 is 13.2 Å². The van der Waals surface area contributed by atoms with Crippen molar-refractivity contribution >= 4 is 21.6 Å². The number of hydrogen-bond donors (Lipinski definition) is 2. The van der Waals surface area contributed by atoms with Crippen molar-refractivity contribution in [1.29, 1.82) is 0 Å². The van der Waals surface area contributed by atoms with Crippen LogP contribution in [0.4, 0.5) is 0 Å². The van der Waals surface area contributed by atoms with Gasteiger partial charge in [0.1, 0.15) is 0 Å². The van der Waals surface area contributed by atoms with Crippen molar-refractivity contribution in [2.24, 2.45) is 11.7 Å². The third kappa shape index (κ3) is 3.51. The van der Waals surface area contributed by atoms with E-state index in [9.17, 15) is 8.42 Å². The summed E-state index contributed by atoms with van der Waals surface area (Å²) in [6.07, 6.45) is 0.872. The molecule has 2 unspecified atom stereocenters. The van der Waals surface area contributed by atoms with Crippen molar-refractivity contribution in [3.63, 3.8) is 0 Å². The summed E-state index contributed by atoms with van der Waals surface area (Å²) in [5.41, 5.74) is 6.23. The molecule has 1 aromatic carbocycles. The van der Waals surface area contributed by atoms with Gasteiger partial charge in [0, 0.05) is 30.1 Å². The molecule has 0 bridgehead atoms. The Morgan fingerprint density at radius 1 is 1.55 bits per heavy atom. The SMILES string of the molecule is CC(NS(=O)(=O)c1ccc(CN)c(Cl)c1)C1CCOC1. The maximum Gasteiger partial charge on any atom is 0.240 e. The number of benzene rings is 1. The summed E-state index contributed by atoms with van der Waals surface area (Å²) in [4.78, 5) is 0.158. The highest BCUT2D eigenvalue weighted by Crippen LogP contribution is 2.22. The van der Waals surface area contributed by atoms with Crippen LogP contribution in [-0.2, 0) is 21.3 Å². The highest BCUT2D eigenvalue weighted by Gasteiger charge is 2.27. The zero-order valence-corrected chi connectivity index (χ0v) is 12.9. The van der Waals surface area contributed by atoms with Gasteiger partial charge in [-0.05, 0) is 31.0 Å². The normalized spacial score (nSPS) is 21.1. The van der Waals surface area contributed by atoms with Gasteiger partial charge in [-0.15, -0.1) is 0 Å². The molecule has 0 aliphatic carbocycles. The molecule has 5 nitrogen and oxygen atoms in total. The molecule has 7 heteroatoms. The maximum atomic E-state index is 12.3. The van der Waals surface area contributed by atoms with Gasteiger partial charge < -0.3 is 10.5 Å². The lowest BCUT2D eigenvalue weighted by Crippen LogP contribution is -2.38. The molecule has 0 radical (unpaired) electrons. The molecular formula is C13H19ClN2O3S. The van der Waals surface area contributed by atoms with Crippen molar-refractivity contribution in [3.05, 3.63) is 28.8 Å². The van der Waals surface area contributed by atoms with Gasteiger partial charge in [0.25, 0.3) is 0 Å². The van der Waals surface area contributed by atoms with Crippen molar-refractivity contribution in [2.75, 3.05) is 13.2 Å². The van der Waals surface area contributed by atoms with Crippen LogP contribution in [0.2, 0.25) is 5.02 Å². The number of rotatable bonds is 5. The van der Waals surface area contributed by atoms with E-state index in [1.165, 1.54) is 12.1 Å². The lowest BCUT2D eigenvalue weighted by molar-refractivity contribution is 0.180. The number of nitrogens with one attached hydrogen (secondary N) is 1. The van der Waals surface area contributed by atoms with Gasteiger partial charge in [0.15, 0.2) is 0 Å². The summed E-state index contributed by atoms with van der Waals surface area (Å²) >= 11 is 6.01. The maximum absolute atomic E-state index is 12.3. The number of sulfonamides is 1. The molecule has 1 aliphatic rings. The molecule has 0 saturated carbocycles. The molecule has 20 heavy (non-hydrogen) atoms. The van der Waals surface area contributed by atoms with Gasteiger partial charge in [-0.3, -0.25) is 0 Å². The molecule has 1 aromatic rings. The summed E-state index contributed by atoms with van der Waals surface area (Å²) < 4.78 is 32.6. The van der Waals surface area contributed by atoms with Gasteiger partial charge in [0.2, 0.25) is 10.0 Å². The Kier molecular flexibility index (Phi) is 5.04. The summed E-state index contributed by atoms with van der Waals surface area (Å²) in [5, 5.41) is 0.368. The number of halogens is 1. The fraction of sp³-hybridized carbons (Fsp3) is 0.538. The number of nitrogens with two attached hydrogens (primary N) is 1. The smallest absolute Gasteiger partial charge is 0.240 e. The summed E-state index contributed by atoms with van der Waals surface area (Å²) in [5.74, 6) is 0.212. The van der Waals surface area contributed by atoms with E-state index in [1.54, 1.807) is 6.07 Å². The van der Waals surface area contributed by atoms with E-state index in [-0.39, 0.29) is 23.4 Å². The zero-order chi connectivity index (χ0) is 14.8. The molecule has 1 fully saturated rings. The first-order valence-corrected chi connectivity index (χ1v) is 8.38. The Balaban J connectivity index is 2.15. The third-order valence-corrected chi connectivity index (χ3v) is 5.48. The van der Waals surface area contributed by atoms with E-state index in [0.29, 0.717) is 18.2 Å². The monoisotopic (exact) mass is 318 g/mol. The highest BCUT2D eigenvalue weighted by atomic mass is 35.5. The van der Waals surface area contributed by atoms with E-state index >= 15 is 0 Å². The molecule has 1 heterocycles. The quantitative estimate of drug-likeness (QED) is 0.862. The van der Waals surface area contributed by atoms with Gasteiger partial charge in [-0.25, -0.2) is 13.1 Å². The summed E-state index contributed by atoms with van der Waals surface area (Å²) in [6, 6.07) is 4.42. The average molecular weight is 319 g/mol. The molecular weight excluding hydrogens is 300 g/mol. The predicted molar refractivity (Wildman–Crippen MR) is 78.1 cm³/mol. The van der Waals surface area contributed by atoms with Crippen LogP contribution in [0.1, 0.15) is 18.9 Å². The van der Waals surface area contributed by atoms with E-state index in [4.69, 9.17) is 22.1 Å². The summed E-state index contributed by atoms with van der Waals surface area (Å²) in [7, 11) is -3.58. The van der Waals surface area contributed by atoms with Gasteiger partial charge in [0.05, 0.1) is 11.5 Å². The fourth-order valence-corrected chi connectivity index (χ4v) is 3.88. The lowest BCUT2D eigenvalue weighted by atomic mass is 10.0. The van der Waals surface area contributed by atoms with Crippen LogP contribution >= 0.6 is 11.6 Å². The molecule has 0 spiro atoms. The molecule has 1 aliphatic heterocycles. The number of hydrogen-bond acceptors (Lipinski definition) is 4. The van der Waals surface area contributed by atoms with Crippen LogP contribution in [0, 0.1) is 5.92 Å². The molecule has 112 valence electrons. The topological polar surface area (TPSA) is 81.4 Å². The van der Waals surface area contributed by atoms with E-state index in [1.807, 2.05) is 6.92 Å².